The maximum absolute atomic E-state index is 12.5. The van der Waals surface area contributed by atoms with E-state index in [0.717, 1.165) is 50.5 Å². The number of rotatable bonds is 2. The zero-order valence-electron chi connectivity index (χ0n) is 10.9. The van der Waals surface area contributed by atoms with Crippen LogP contribution < -0.4 is 0 Å². The number of fused-ring (bicyclic) bond motifs is 1. The monoisotopic (exact) mass is 251 g/mol. The molecule has 4 heteroatoms. The maximum atomic E-state index is 12.5. The first-order chi connectivity index (χ1) is 8.70. The van der Waals surface area contributed by atoms with Gasteiger partial charge in [0.1, 0.15) is 6.04 Å². The Balaban J connectivity index is 1.67. The Labute approximate surface area is 108 Å². The lowest BCUT2D eigenvalue weighted by atomic mass is 9.96. The van der Waals surface area contributed by atoms with E-state index in [9.17, 15) is 9.59 Å². The summed E-state index contributed by atoms with van der Waals surface area (Å²) >= 11 is 0. The largest absolute Gasteiger partial charge is 0.467 e. The number of carbonyl (C=O) groups excluding carboxylic acids is 2. The van der Waals surface area contributed by atoms with Gasteiger partial charge in [-0.05, 0) is 50.4 Å². The molecule has 0 spiro atoms. The van der Waals surface area contributed by atoms with Gasteiger partial charge in [-0.3, -0.25) is 4.79 Å². The topological polar surface area (TPSA) is 46.6 Å². The van der Waals surface area contributed by atoms with E-state index in [4.69, 9.17) is 4.74 Å². The molecule has 100 valence electrons. The van der Waals surface area contributed by atoms with Gasteiger partial charge in [-0.15, -0.1) is 0 Å². The summed E-state index contributed by atoms with van der Waals surface area (Å²) in [6, 6.07) is -0.326. The molecular formula is C14H21NO3. The van der Waals surface area contributed by atoms with E-state index in [1.807, 2.05) is 0 Å². The lowest BCUT2D eigenvalue weighted by Crippen LogP contribution is -2.50. The van der Waals surface area contributed by atoms with E-state index < -0.39 is 0 Å². The van der Waals surface area contributed by atoms with Gasteiger partial charge in [-0.1, -0.05) is 0 Å². The number of nitrogens with zero attached hydrogens (tertiary/aromatic N) is 1. The minimum Gasteiger partial charge on any atom is -0.467 e. The molecular weight excluding hydrogens is 230 g/mol. The van der Waals surface area contributed by atoms with E-state index in [1.54, 1.807) is 4.90 Å². The lowest BCUT2D eigenvalue weighted by molar-refractivity contribution is -0.156. The van der Waals surface area contributed by atoms with Gasteiger partial charge >= 0.3 is 5.97 Å². The molecule has 1 saturated heterocycles. The predicted molar refractivity (Wildman–Crippen MR) is 65.7 cm³/mol. The molecule has 4 nitrogen and oxygen atoms in total. The lowest BCUT2D eigenvalue weighted by Gasteiger charge is -2.35. The van der Waals surface area contributed by atoms with Crippen LogP contribution in [0.15, 0.2) is 0 Å². The van der Waals surface area contributed by atoms with Crippen LogP contribution in [0.3, 0.4) is 0 Å². The quantitative estimate of drug-likeness (QED) is 0.700. The molecule has 0 aromatic heterocycles. The molecule has 0 bridgehead atoms. The molecule has 1 heterocycles. The highest BCUT2D eigenvalue weighted by Crippen LogP contribution is 2.54. The normalized spacial score (nSPS) is 38.2. The average molecular weight is 251 g/mol. The molecule has 18 heavy (non-hydrogen) atoms. The fraction of sp³-hybridized carbons (Fsp3) is 0.857. The molecule has 0 aromatic carbocycles. The molecule has 1 amide bonds. The van der Waals surface area contributed by atoms with Gasteiger partial charge in [0.05, 0.1) is 7.11 Å². The highest BCUT2D eigenvalue weighted by atomic mass is 16.5. The highest BCUT2D eigenvalue weighted by Gasteiger charge is 2.49. The molecule has 3 rings (SSSR count). The van der Waals surface area contributed by atoms with E-state index in [1.165, 1.54) is 13.5 Å². The third kappa shape index (κ3) is 2.02. The first-order valence-electron chi connectivity index (χ1n) is 7.09. The van der Waals surface area contributed by atoms with Gasteiger partial charge in [-0.2, -0.15) is 0 Å². The van der Waals surface area contributed by atoms with E-state index in [2.05, 4.69) is 0 Å². The van der Waals surface area contributed by atoms with E-state index in [-0.39, 0.29) is 23.8 Å². The summed E-state index contributed by atoms with van der Waals surface area (Å²) in [4.78, 5) is 26.1. The van der Waals surface area contributed by atoms with Gasteiger partial charge in [0.15, 0.2) is 0 Å². The number of esters is 1. The van der Waals surface area contributed by atoms with Crippen LogP contribution in [0, 0.1) is 17.8 Å². The number of likely N-dealkylation sites (tertiary alicyclic amines) is 1. The molecule has 0 radical (unpaired) electrons. The van der Waals surface area contributed by atoms with Crippen LogP contribution in [0.1, 0.15) is 38.5 Å². The van der Waals surface area contributed by atoms with Crippen molar-refractivity contribution in [3.8, 4) is 0 Å². The molecule has 3 unspecified atom stereocenters. The summed E-state index contributed by atoms with van der Waals surface area (Å²) < 4.78 is 4.83. The number of ether oxygens (including phenoxy) is 1. The predicted octanol–water partition coefficient (Wildman–Crippen LogP) is 1.59. The van der Waals surface area contributed by atoms with Gasteiger partial charge in [0.2, 0.25) is 5.91 Å². The van der Waals surface area contributed by atoms with Crippen LogP contribution in [-0.2, 0) is 14.3 Å². The Bertz CT molecular complexity index is 358. The second kappa shape index (κ2) is 4.56. The number of methoxy groups -OCH3 is 1. The number of piperidine rings is 1. The van der Waals surface area contributed by atoms with E-state index in [0.29, 0.717) is 0 Å². The third-order valence-corrected chi connectivity index (χ3v) is 4.85. The first-order valence-corrected chi connectivity index (χ1v) is 7.09. The van der Waals surface area contributed by atoms with Crippen molar-refractivity contribution in [2.75, 3.05) is 13.7 Å². The van der Waals surface area contributed by atoms with Gasteiger partial charge in [0.25, 0.3) is 0 Å². The van der Waals surface area contributed by atoms with Crippen LogP contribution in [-0.4, -0.2) is 36.5 Å². The number of amides is 1. The van der Waals surface area contributed by atoms with Gasteiger partial charge in [0, 0.05) is 12.5 Å². The average Bonchev–Trinajstić information content (AvgIpc) is 3.03. The van der Waals surface area contributed by atoms with Crippen molar-refractivity contribution in [3.05, 3.63) is 0 Å². The SMILES string of the molecule is COC(=O)C1CCCCN1C(=O)C1CC2CC2C1. The van der Waals surface area contributed by atoms with Gasteiger partial charge in [-0.25, -0.2) is 4.79 Å². The van der Waals surface area contributed by atoms with Crippen molar-refractivity contribution in [1.82, 2.24) is 4.90 Å². The molecule has 0 N–H and O–H groups in total. The minimum absolute atomic E-state index is 0.180. The molecule has 3 aliphatic rings. The second-order valence-electron chi connectivity index (χ2n) is 5.99. The molecule has 3 fully saturated rings. The Kier molecular flexibility index (Phi) is 3.04. The maximum Gasteiger partial charge on any atom is 0.328 e. The van der Waals surface area contributed by atoms with Gasteiger partial charge < -0.3 is 9.64 Å². The number of carbonyl (C=O) groups is 2. The minimum atomic E-state index is -0.326. The molecule has 0 aromatic rings. The van der Waals surface area contributed by atoms with Crippen molar-refractivity contribution in [1.29, 1.82) is 0 Å². The molecule has 2 saturated carbocycles. The summed E-state index contributed by atoms with van der Waals surface area (Å²) in [6.07, 6.45) is 6.21. The third-order valence-electron chi connectivity index (χ3n) is 4.85. The van der Waals surface area contributed by atoms with Crippen LogP contribution in [0.4, 0.5) is 0 Å². The Morgan fingerprint density at radius 1 is 1.11 bits per heavy atom. The summed E-state index contributed by atoms with van der Waals surface area (Å²) in [7, 11) is 1.41. The summed E-state index contributed by atoms with van der Waals surface area (Å²) in [6.45, 7) is 0.727. The molecule has 2 aliphatic carbocycles. The van der Waals surface area contributed by atoms with Crippen LogP contribution in [0.2, 0.25) is 0 Å². The Hall–Kier alpha value is -1.06. The zero-order valence-corrected chi connectivity index (χ0v) is 10.9. The number of hydrogen-bond acceptors (Lipinski definition) is 3. The standard InChI is InChI=1S/C14H21NO3/c1-18-14(17)12-4-2-3-5-15(12)13(16)11-7-9-6-10(9)8-11/h9-12H,2-8H2,1H3. The van der Waals surface area contributed by atoms with Crippen LogP contribution in [0.5, 0.6) is 0 Å². The van der Waals surface area contributed by atoms with Crippen LogP contribution >= 0.6 is 0 Å². The number of hydrogen-bond donors (Lipinski definition) is 0. The van der Waals surface area contributed by atoms with Crippen molar-refractivity contribution in [2.45, 2.75) is 44.6 Å². The Morgan fingerprint density at radius 3 is 2.50 bits per heavy atom. The molecule has 3 atom stereocenters. The summed E-state index contributed by atoms with van der Waals surface area (Å²) in [5.74, 6) is 1.75. The zero-order chi connectivity index (χ0) is 12.7. The van der Waals surface area contributed by atoms with Crippen molar-refractivity contribution < 1.29 is 14.3 Å². The van der Waals surface area contributed by atoms with Crippen molar-refractivity contribution >= 4 is 11.9 Å². The van der Waals surface area contributed by atoms with Crippen molar-refractivity contribution in [2.24, 2.45) is 17.8 Å². The van der Waals surface area contributed by atoms with Crippen molar-refractivity contribution in [3.63, 3.8) is 0 Å². The Morgan fingerprint density at radius 2 is 1.83 bits per heavy atom. The molecule has 1 aliphatic heterocycles. The fourth-order valence-corrected chi connectivity index (χ4v) is 3.73. The summed E-state index contributed by atoms with van der Waals surface area (Å²) in [5.41, 5.74) is 0. The summed E-state index contributed by atoms with van der Waals surface area (Å²) in [5, 5.41) is 0. The smallest absolute Gasteiger partial charge is 0.328 e. The highest BCUT2D eigenvalue weighted by molar-refractivity contribution is 5.86. The van der Waals surface area contributed by atoms with E-state index >= 15 is 0 Å². The first kappa shape index (κ1) is 12.0. The second-order valence-corrected chi connectivity index (χ2v) is 5.99. The fourth-order valence-electron chi connectivity index (χ4n) is 3.73. The van der Waals surface area contributed by atoms with Crippen LogP contribution in [0.25, 0.3) is 0 Å².